The highest BCUT2D eigenvalue weighted by molar-refractivity contribution is 6.31. The van der Waals surface area contributed by atoms with Gasteiger partial charge in [-0.1, -0.05) is 24.1 Å². The molecule has 1 saturated carbocycles. The molecule has 1 amide bonds. The highest BCUT2D eigenvalue weighted by Crippen LogP contribution is 2.48. The summed E-state index contributed by atoms with van der Waals surface area (Å²) in [7, 11) is 0. The molecule has 6 heteroatoms. The van der Waals surface area contributed by atoms with Gasteiger partial charge in [-0.25, -0.2) is 4.98 Å². The van der Waals surface area contributed by atoms with Crippen molar-refractivity contribution in [1.29, 1.82) is 0 Å². The molecule has 1 aliphatic carbocycles. The molecule has 2 heterocycles. The Morgan fingerprint density at radius 2 is 2.18 bits per heavy atom. The number of amides is 1. The number of rotatable bonds is 4. The highest BCUT2D eigenvalue weighted by Gasteiger charge is 2.49. The summed E-state index contributed by atoms with van der Waals surface area (Å²) < 4.78 is 0. The van der Waals surface area contributed by atoms with E-state index in [1.807, 2.05) is 36.1 Å². The predicted octanol–water partition coefficient (Wildman–Crippen LogP) is 4.62. The number of anilines is 1. The predicted molar refractivity (Wildman–Crippen MR) is 109 cm³/mol. The number of aryl methyl sites for hydroxylation is 1. The smallest absolute Gasteiger partial charge is 0.233 e. The van der Waals surface area contributed by atoms with Crippen LogP contribution in [0.15, 0.2) is 36.7 Å². The van der Waals surface area contributed by atoms with Crippen molar-refractivity contribution in [2.45, 2.75) is 45.4 Å². The van der Waals surface area contributed by atoms with Crippen molar-refractivity contribution >= 4 is 29.0 Å². The number of carbonyl (C=O) groups excluding carboxylic acids is 2. The van der Waals surface area contributed by atoms with Crippen LogP contribution in [-0.4, -0.2) is 28.2 Å². The van der Waals surface area contributed by atoms with E-state index >= 15 is 0 Å². The summed E-state index contributed by atoms with van der Waals surface area (Å²) >= 11 is 6.11. The minimum Gasteiger partial charge on any atom is -0.312 e. The first kappa shape index (κ1) is 19.1. The third-order valence-electron chi connectivity index (χ3n) is 6.09. The van der Waals surface area contributed by atoms with Crippen molar-refractivity contribution < 1.29 is 9.59 Å². The van der Waals surface area contributed by atoms with Gasteiger partial charge in [0.15, 0.2) is 5.78 Å². The van der Waals surface area contributed by atoms with Gasteiger partial charge in [0.1, 0.15) is 5.69 Å². The zero-order valence-electron chi connectivity index (χ0n) is 16.0. The second-order valence-electron chi connectivity index (χ2n) is 8.10. The molecule has 4 rings (SSSR count). The van der Waals surface area contributed by atoms with Crippen LogP contribution >= 0.6 is 11.6 Å². The second-order valence-corrected chi connectivity index (χ2v) is 8.54. The van der Waals surface area contributed by atoms with Crippen molar-refractivity contribution in [2.75, 3.05) is 11.4 Å². The summed E-state index contributed by atoms with van der Waals surface area (Å²) in [4.78, 5) is 36.2. The number of benzene rings is 1. The molecule has 2 aliphatic rings. The average molecular weight is 398 g/mol. The van der Waals surface area contributed by atoms with Crippen LogP contribution in [0.4, 0.5) is 5.69 Å². The van der Waals surface area contributed by atoms with Crippen LogP contribution in [0.1, 0.15) is 54.7 Å². The summed E-state index contributed by atoms with van der Waals surface area (Å²) in [5.41, 5.74) is 1.69. The van der Waals surface area contributed by atoms with Crippen molar-refractivity contribution in [2.24, 2.45) is 11.3 Å². The van der Waals surface area contributed by atoms with E-state index in [0.29, 0.717) is 23.7 Å². The van der Waals surface area contributed by atoms with Crippen molar-refractivity contribution in [1.82, 2.24) is 9.97 Å². The number of hydrogen-bond donors (Lipinski definition) is 0. The fraction of sp³-hybridized carbons (Fsp3) is 0.455. The van der Waals surface area contributed by atoms with E-state index in [4.69, 9.17) is 11.6 Å². The number of nitrogens with zero attached hydrogens (tertiary/aromatic N) is 3. The molecule has 1 aliphatic heterocycles. The van der Waals surface area contributed by atoms with E-state index in [-0.39, 0.29) is 23.0 Å². The number of halogens is 1. The molecule has 0 N–H and O–H groups in total. The van der Waals surface area contributed by atoms with Crippen LogP contribution in [0.5, 0.6) is 0 Å². The Hall–Kier alpha value is -2.27. The molecular weight excluding hydrogens is 374 g/mol. The summed E-state index contributed by atoms with van der Waals surface area (Å²) in [5.74, 6) is 0.421. The van der Waals surface area contributed by atoms with Crippen molar-refractivity contribution in [3.8, 4) is 0 Å². The Morgan fingerprint density at radius 3 is 2.96 bits per heavy atom. The quantitative estimate of drug-likeness (QED) is 0.706. The molecule has 1 aromatic carbocycles. The first-order chi connectivity index (χ1) is 13.5. The topological polar surface area (TPSA) is 63.2 Å². The third kappa shape index (κ3) is 3.68. The van der Waals surface area contributed by atoms with E-state index in [2.05, 4.69) is 9.97 Å². The minimum atomic E-state index is -0.343. The van der Waals surface area contributed by atoms with Crippen LogP contribution < -0.4 is 4.90 Å². The molecular formula is C22H24ClN3O2. The monoisotopic (exact) mass is 397 g/mol. The maximum absolute atomic E-state index is 13.3. The molecule has 28 heavy (non-hydrogen) atoms. The van der Waals surface area contributed by atoms with Gasteiger partial charge in [-0.15, -0.1) is 0 Å². The lowest BCUT2D eigenvalue weighted by molar-refractivity contribution is -0.128. The summed E-state index contributed by atoms with van der Waals surface area (Å²) in [6.45, 7) is 2.55. The maximum atomic E-state index is 13.3. The van der Waals surface area contributed by atoms with Crippen LogP contribution in [0, 0.1) is 18.3 Å². The summed E-state index contributed by atoms with van der Waals surface area (Å²) in [6, 6.07) is 7.47. The number of hydrogen-bond acceptors (Lipinski definition) is 4. The number of ketones is 1. The molecule has 146 valence electrons. The summed E-state index contributed by atoms with van der Waals surface area (Å²) in [5, 5.41) is 0.637. The van der Waals surface area contributed by atoms with Crippen LogP contribution in [-0.2, 0) is 4.79 Å². The molecule has 0 unspecified atom stereocenters. The maximum Gasteiger partial charge on any atom is 0.233 e. The Bertz CT molecular complexity index is 916. The van der Waals surface area contributed by atoms with Gasteiger partial charge in [-0.05, 0) is 56.7 Å². The Labute approximate surface area is 170 Å². The largest absolute Gasteiger partial charge is 0.312 e. The standard InChI is InChI=1S/C22H24ClN3O2/c1-15-13-24-14-19(25-15)20(27)10-16-4-3-7-22(12-16)8-9-26(21(22)28)18-6-2-5-17(23)11-18/h2,5-6,11,13-14,16H,3-4,7-10,12H2,1H3/t16-,22+/m1/s1. The molecule has 0 radical (unpaired) electrons. The van der Waals surface area contributed by atoms with Gasteiger partial charge in [-0.2, -0.15) is 0 Å². The van der Waals surface area contributed by atoms with E-state index < -0.39 is 0 Å². The fourth-order valence-corrected chi connectivity index (χ4v) is 4.94. The fourth-order valence-electron chi connectivity index (χ4n) is 4.76. The van der Waals surface area contributed by atoms with Gasteiger partial charge in [0.25, 0.3) is 0 Å². The van der Waals surface area contributed by atoms with Gasteiger partial charge in [0, 0.05) is 29.9 Å². The van der Waals surface area contributed by atoms with Gasteiger partial charge in [0.05, 0.1) is 17.3 Å². The molecule has 1 saturated heterocycles. The minimum absolute atomic E-state index is 0.0235. The van der Waals surface area contributed by atoms with E-state index in [1.165, 1.54) is 6.20 Å². The first-order valence-electron chi connectivity index (χ1n) is 9.86. The van der Waals surface area contributed by atoms with Crippen LogP contribution in [0.3, 0.4) is 0 Å². The highest BCUT2D eigenvalue weighted by atomic mass is 35.5. The average Bonchev–Trinajstić information content (AvgIpc) is 2.97. The van der Waals surface area contributed by atoms with Crippen LogP contribution in [0.2, 0.25) is 5.02 Å². The molecule has 5 nitrogen and oxygen atoms in total. The van der Waals surface area contributed by atoms with E-state index in [0.717, 1.165) is 43.5 Å². The van der Waals surface area contributed by atoms with Gasteiger partial charge >= 0.3 is 0 Å². The van der Waals surface area contributed by atoms with Crippen LogP contribution in [0.25, 0.3) is 0 Å². The summed E-state index contributed by atoms with van der Waals surface area (Å²) in [6.07, 6.45) is 8.09. The SMILES string of the molecule is Cc1cncc(C(=O)C[C@H]2CCC[C@]3(CCN(c4cccc(Cl)c4)C3=O)C2)n1. The van der Waals surface area contributed by atoms with Gasteiger partial charge < -0.3 is 4.90 Å². The molecule has 1 aromatic heterocycles. The van der Waals surface area contributed by atoms with E-state index in [1.54, 1.807) is 6.20 Å². The molecule has 1 spiro atoms. The first-order valence-corrected chi connectivity index (χ1v) is 10.2. The lowest BCUT2D eigenvalue weighted by atomic mass is 9.67. The Kier molecular flexibility index (Phi) is 5.19. The second kappa shape index (κ2) is 7.63. The van der Waals surface area contributed by atoms with Gasteiger partial charge in [-0.3, -0.25) is 14.6 Å². The molecule has 2 aromatic rings. The molecule has 2 fully saturated rings. The zero-order valence-corrected chi connectivity index (χ0v) is 16.8. The lowest BCUT2D eigenvalue weighted by Crippen LogP contribution is -2.38. The number of carbonyl (C=O) groups is 2. The molecule has 2 atom stereocenters. The van der Waals surface area contributed by atoms with Crippen molar-refractivity contribution in [3.63, 3.8) is 0 Å². The van der Waals surface area contributed by atoms with Gasteiger partial charge in [0.2, 0.25) is 5.91 Å². The normalized spacial score (nSPS) is 24.7. The molecule has 0 bridgehead atoms. The third-order valence-corrected chi connectivity index (χ3v) is 6.33. The number of Topliss-reactive ketones (excluding diaryl/α,β-unsaturated/α-hetero) is 1. The Morgan fingerprint density at radius 1 is 1.32 bits per heavy atom. The Balaban J connectivity index is 1.47. The zero-order chi connectivity index (χ0) is 19.7. The van der Waals surface area contributed by atoms with E-state index in [9.17, 15) is 9.59 Å². The van der Waals surface area contributed by atoms with Crippen molar-refractivity contribution in [3.05, 3.63) is 53.1 Å². The lowest BCUT2D eigenvalue weighted by Gasteiger charge is -2.36. The number of aromatic nitrogens is 2.